The van der Waals surface area contributed by atoms with Crippen LogP contribution in [-0.4, -0.2) is 43.0 Å². The van der Waals surface area contributed by atoms with Gasteiger partial charge >= 0.3 is 0 Å². The van der Waals surface area contributed by atoms with Crippen molar-refractivity contribution in [2.75, 3.05) is 33.2 Å². The summed E-state index contributed by atoms with van der Waals surface area (Å²) in [6, 6.07) is 7.64. The van der Waals surface area contributed by atoms with Gasteiger partial charge in [0.2, 0.25) is 0 Å². The van der Waals surface area contributed by atoms with E-state index in [9.17, 15) is 4.39 Å². The summed E-state index contributed by atoms with van der Waals surface area (Å²) in [5.41, 5.74) is 1.16. The quantitative estimate of drug-likeness (QED) is 0.803. The molecule has 3 fully saturated rings. The van der Waals surface area contributed by atoms with Crippen molar-refractivity contribution in [2.45, 2.75) is 25.3 Å². The molecule has 1 aliphatic carbocycles. The van der Waals surface area contributed by atoms with E-state index in [1.807, 2.05) is 6.07 Å². The molecule has 0 spiro atoms. The van der Waals surface area contributed by atoms with Gasteiger partial charge in [-0.3, -0.25) is 4.90 Å². The van der Waals surface area contributed by atoms with Crippen LogP contribution in [0.4, 0.5) is 4.39 Å². The van der Waals surface area contributed by atoms with Gasteiger partial charge in [-0.15, -0.1) is 24.8 Å². The van der Waals surface area contributed by atoms with Gasteiger partial charge in [-0.1, -0.05) is 18.6 Å². The molecule has 4 rings (SSSR count). The molecular formula is C18H27Cl2FN2. The standard InChI is InChI=1S/C18H25FN2.2ClH/c1-20-10-15-11-21(9-13-4-2-5-13)12-17(15)18(20)14-6-3-7-16(19)8-14;;/h3,6-8,13,15,17-18H,2,4-5,9-12H2,1H3;2*1H/t15-,17+,18-;;/m0../s1. The van der Waals surface area contributed by atoms with Crippen molar-refractivity contribution in [1.82, 2.24) is 9.80 Å². The van der Waals surface area contributed by atoms with E-state index < -0.39 is 0 Å². The largest absolute Gasteiger partial charge is 0.302 e. The first-order chi connectivity index (χ1) is 10.2. The van der Waals surface area contributed by atoms with Gasteiger partial charge in [0.25, 0.3) is 0 Å². The van der Waals surface area contributed by atoms with Crippen LogP contribution in [0.15, 0.2) is 24.3 Å². The summed E-state index contributed by atoms with van der Waals surface area (Å²) >= 11 is 0. The molecule has 0 aromatic heterocycles. The van der Waals surface area contributed by atoms with Crippen molar-refractivity contribution in [3.63, 3.8) is 0 Å². The Balaban J connectivity index is 0.000000960. The van der Waals surface area contributed by atoms with Gasteiger partial charge in [0, 0.05) is 32.2 Å². The Bertz CT molecular complexity index is 523. The lowest BCUT2D eigenvalue weighted by molar-refractivity contribution is 0.175. The third kappa shape index (κ3) is 3.68. The Morgan fingerprint density at radius 3 is 2.57 bits per heavy atom. The van der Waals surface area contributed by atoms with Crippen LogP contribution in [0.3, 0.4) is 0 Å². The monoisotopic (exact) mass is 360 g/mol. The molecule has 0 bridgehead atoms. The van der Waals surface area contributed by atoms with E-state index in [1.165, 1.54) is 38.9 Å². The maximum absolute atomic E-state index is 13.6. The molecular weight excluding hydrogens is 334 g/mol. The Hall–Kier alpha value is -0.350. The van der Waals surface area contributed by atoms with E-state index in [4.69, 9.17) is 0 Å². The van der Waals surface area contributed by atoms with Crippen molar-refractivity contribution in [2.24, 2.45) is 17.8 Å². The molecule has 2 heterocycles. The van der Waals surface area contributed by atoms with E-state index in [2.05, 4.69) is 22.9 Å². The Kier molecular flexibility index (Phi) is 6.35. The molecule has 1 aromatic carbocycles. The first-order valence-electron chi connectivity index (χ1n) is 8.39. The SMILES string of the molecule is CN1C[C@H]2CN(CC3CCC3)C[C@H]2[C@@H]1c1cccc(F)c1.Cl.Cl. The predicted octanol–water partition coefficient (Wildman–Crippen LogP) is 4.00. The van der Waals surface area contributed by atoms with Crippen molar-refractivity contribution >= 4 is 24.8 Å². The van der Waals surface area contributed by atoms with Crippen LogP contribution in [0.2, 0.25) is 0 Å². The molecule has 1 aromatic rings. The number of nitrogens with zero attached hydrogens (tertiary/aromatic N) is 2. The van der Waals surface area contributed by atoms with E-state index in [1.54, 1.807) is 12.1 Å². The van der Waals surface area contributed by atoms with E-state index in [-0.39, 0.29) is 30.6 Å². The number of halogens is 3. The lowest BCUT2D eigenvalue weighted by Crippen LogP contribution is -2.34. The number of likely N-dealkylation sites (tertiary alicyclic amines) is 2. The highest BCUT2D eigenvalue weighted by Gasteiger charge is 2.46. The number of fused-ring (bicyclic) bond motifs is 1. The molecule has 0 N–H and O–H groups in total. The van der Waals surface area contributed by atoms with Crippen molar-refractivity contribution in [3.05, 3.63) is 35.6 Å². The molecule has 1 saturated carbocycles. The van der Waals surface area contributed by atoms with Gasteiger partial charge in [0.05, 0.1) is 0 Å². The highest BCUT2D eigenvalue weighted by Crippen LogP contribution is 2.44. The maximum atomic E-state index is 13.6. The average Bonchev–Trinajstić information content (AvgIpc) is 2.89. The molecule has 0 amide bonds. The fourth-order valence-corrected chi connectivity index (χ4v) is 4.73. The molecule has 130 valence electrons. The highest BCUT2D eigenvalue weighted by molar-refractivity contribution is 5.85. The fourth-order valence-electron chi connectivity index (χ4n) is 4.73. The first-order valence-corrected chi connectivity index (χ1v) is 8.39. The van der Waals surface area contributed by atoms with Crippen LogP contribution in [0, 0.1) is 23.6 Å². The normalized spacial score (nSPS) is 31.1. The number of benzene rings is 1. The molecule has 2 aliphatic heterocycles. The Morgan fingerprint density at radius 1 is 1.13 bits per heavy atom. The van der Waals surface area contributed by atoms with Crippen LogP contribution in [-0.2, 0) is 0 Å². The Morgan fingerprint density at radius 2 is 1.91 bits per heavy atom. The highest BCUT2D eigenvalue weighted by atomic mass is 35.5. The summed E-state index contributed by atoms with van der Waals surface area (Å²) in [5.74, 6) is 2.29. The second-order valence-corrected chi connectivity index (χ2v) is 7.38. The predicted molar refractivity (Wildman–Crippen MR) is 97.0 cm³/mol. The van der Waals surface area contributed by atoms with Gasteiger partial charge in [-0.05, 0) is 55.3 Å². The summed E-state index contributed by atoms with van der Waals surface area (Å²) < 4.78 is 13.6. The summed E-state index contributed by atoms with van der Waals surface area (Å²) in [6.07, 6.45) is 4.29. The second-order valence-electron chi connectivity index (χ2n) is 7.38. The minimum atomic E-state index is -0.103. The summed E-state index contributed by atoms with van der Waals surface area (Å²) in [7, 11) is 2.20. The van der Waals surface area contributed by atoms with Crippen molar-refractivity contribution < 1.29 is 4.39 Å². The van der Waals surface area contributed by atoms with Gasteiger partial charge in [-0.2, -0.15) is 0 Å². The number of hydrogen-bond acceptors (Lipinski definition) is 2. The zero-order chi connectivity index (χ0) is 14.4. The minimum Gasteiger partial charge on any atom is -0.302 e. The molecule has 2 saturated heterocycles. The van der Waals surface area contributed by atoms with Crippen molar-refractivity contribution in [3.8, 4) is 0 Å². The first kappa shape index (κ1) is 19.0. The topological polar surface area (TPSA) is 6.48 Å². The zero-order valence-corrected chi connectivity index (χ0v) is 15.3. The van der Waals surface area contributed by atoms with Gasteiger partial charge in [0.15, 0.2) is 0 Å². The summed E-state index contributed by atoms with van der Waals surface area (Å²) in [4.78, 5) is 5.11. The van der Waals surface area contributed by atoms with Crippen LogP contribution < -0.4 is 0 Å². The van der Waals surface area contributed by atoms with E-state index in [0.29, 0.717) is 12.0 Å². The molecule has 3 atom stereocenters. The smallest absolute Gasteiger partial charge is 0.123 e. The molecule has 0 unspecified atom stereocenters. The fraction of sp³-hybridized carbons (Fsp3) is 0.667. The van der Waals surface area contributed by atoms with E-state index >= 15 is 0 Å². The van der Waals surface area contributed by atoms with Gasteiger partial charge in [-0.25, -0.2) is 4.39 Å². The third-order valence-corrected chi connectivity index (χ3v) is 5.90. The zero-order valence-electron chi connectivity index (χ0n) is 13.7. The molecule has 0 radical (unpaired) electrons. The number of hydrogen-bond donors (Lipinski definition) is 0. The lowest BCUT2D eigenvalue weighted by atomic mass is 9.85. The maximum Gasteiger partial charge on any atom is 0.123 e. The van der Waals surface area contributed by atoms with Crippen LogP contribution >= 0.6 is 24.8 Å². The molecule has 5 heteroatoms. The van der Waals surface area contributed by atoms with Gasteiger partial charge in [0.1, 0.15) is 5.82 Å². The second kappa shape index (κ2) is 7.69. The van der Waals surface area contributed by atoms with Crippen molar-refractivity contribution in [1.29, 1.82) is 0 Å². The molecule has 3 aliphatic rings. The lowest BCUT2D eigenvalue weighted by Gasteiger charge is -2.32. The summed E-state index contributed by atoms with van der Waals surface area (Å²) in [5, 5.41) is 0. The summed E-state index contributed by atoms with van der Waals surface area (Å²) in [6.45, 7) is 4.91. The number of rotatable bonds is 3. The Labute approximate surface area is 151 Å². The molecule has 23 heavy (non-hydrogen) atoms. The van der Waals surface area contributed by atoms with Crippen LogP contribution in [0.1, 0.15) is 30.9 Å². The molecule has 2 nitrogen and oxygen atoms in total. The van der Waals surface area contributed by atoms with Crippen LogP contribution in [0.5, 0.6) is 0 Å². The van der Waals surface area contributed by atoms with E-state index in [0.717, 1.165) is 23.9 Å². The van der Waals surface area contributed by atoms with Gasteiger partial charge < -0.3 is 4.90 Å². The third-order valence-electron chi connectivity index (χ3n) is 5.90. The van der Waals surface area contributed by atoms with Crippen LogP contribution in [0.25, 0.3) is 0 Å². The minimum absolute atomic E-state index is 0. The average molecular weight is 361 g/mol.